The minimum Gasteiger partial charge on any atom is -0.409 e. The highest BCUT2D eigenvalue weighted by molar-refractivity contribution is 5.97. The third-order valence-corrected chi connectivity index (χ3v) is 2.49. The van der Waals surface area contributed by atoms with Crippen LogP contribution in [0.15, 0.2) is 23.5 Å². The number of rotatable bonds is 4. The van der Waals surface area contributed by atoms with Crippen molar-refractivity contribution in [3.05, 3.63) is 29.6 Å². The van der Waals surface area contributed by atoms with Gasteiger partial charge >= 0.3 is 0 Å². The number of carbonyl (C=O) groups excluding carboxylic acids is 1. The fraction of sp³-hybridized carbons (Fsp3) is 0.417. The molecule has 0 atom stereocenters. The summed E-state index contributed by atoms with van der Waals surface area (Å²) in [6.45, 7) is 5.65. The predicted octanol–water partition coefficient (Wildman–Crippen LogP) is 0.987. The number of hydrogen-bond donors (Lipinski definition) is 2. The molecule has 1 rings (SSSR count). The van der Waals surface area contributed by atoms with Gasteiger partial charge in [0.1, 0.15) is 0 Å². The zero-order valence-corrected chi connectivity index (χ0v) is 10.8. The highest BCUT2D eigenvalue weighted by Crippen LogP contribution is 2.09. The predicted molar refractivity (Wildman–Crippen MR) is 68.6 cm³/mol. The van der Waals surface area contributed by atoms with Gasteiger partial charge in [-0.25, -0.2) is 0 Å². The molecule has 0 unspecified atom stereocenters. The number of nitrogens with two attached hydrogens (primary N) is 1. The summed E-state index contributed by atoms with van der Waals surface area (Å²) in [5.41, 5.74) is 6.77. The quantitative estimate of drug-likeness (QED) is 0.361. The number of aryl methyl sites for hydroxylation is 1. The van der Waals surface area contributed by atoms with Crippen LogP contribution in [0.3, 0.4) is 0 Å². The van der Waals surface area contributed by atoms with Crippen molar-refractivity contribution in [3.63, 3.8) is 0 Å². The van der Waals surface area contributed by atoms with E-state index < -0.39 is 0 Å². The van der Waals surface area contributed by atoms with E-state index in [1.54, 1.807) is 18.3 Å². The van der Waals surface area contributed by atoms with E-state index in [9.17, 15) is 4.79 Å². The molecule has 1 aromatic heterocycles. The molecule has 0 aliphatic heterocycles. The zero-order chi connectivity index (χ0) is 13.7. The maximum absolute atomic E-state index is 12.3. The first kappa shape index (κ1) is 14.0. The molecule has 18 heavy (non-hydrogen) atoms. The second kappa shape index (κ2) is 6.00. The summed E-state index contributed by atoms with van der Waals surface area (Å²) in [7, 11) is 0. The van der Waals surface area contributed by atoms with Crippen molar-refractivity contribution in [2.24, 2.45) is 10.9 Å². The fourth-order valence-corrected chi connectivity index (χ4v) is 1.54. The Kier molecular flexibility index (Phi) is 4.65. The maximum Gasteiger partial charge on any atom is 0.254 e. The van der Waals surface area contributed by atoms with E-state index in [0.717, 1.165) is 5.69 Å². The van der Waals surface area contributed by atoms with Gasteiger partial charge in [0, 0.05) is 23.5 Å². The third kappa shape index (κ3) is 3.44. The molecule has 1 aromatic rings. The van der Waals surface area contributed by atoms with Crippen molar-refractivity contribution in [1.82, 2.24) is 9.88 Å². The highest BCUT2D eigenvalue weighted by Gasteiger charge is 2.20. The fourth-order valence-electron chi connectivity index (χ4n) is 1.54. The average Bonchev–Trinajstić information content (AvgIpc) is 2.34. The molecule has 3 N–H and O–H groups in total. The number of oxime groups is 1. The van der Waals surface area contributed by atoms with Crippen molar-refractivity contribution in [2.75, 3.05) is 6.54 Å². The van der Waals surface area contributed by atoms with Gasteiger partial charge in [0.25, 0.3) is 5.91 Å². The highest BCUT2D eigenvalue weighted by atomic mass is 16.4. The van der Waals surface area contributed by atoms with Crippen molar-refractivity contribution in [3.8, 4) is 0 Å². The Morgan fingerprint density at radius 1 is 1.61 bits per heavy atom. The molecule has 98 valence electrons. The lowest BCUT2D eigenvalue weighted by Gasteiger charge is -2.26. The smallest absolute Gasteiger partial charge is 0.254 e. The molecule has 0 aliphatic carbocycles. The average molecular weight is 250 g/mol. The van der Waals surface area contributed by atoms with Gasteiger partial charge in [0.05, 0.1) is 6.54 Å². The van der Waals surface area contributed by atoms with Gasteiger partial charge < -0.3 is 15.8 Å². The van der Waals surface area contributed by atoms with Crippen LogP contribution in [0, 0.1) is 6.92 Å². The largest absolute Gasteiger partial charge is 0.409 e. The van der Waals surface area contributed by atoms with Crippen LogP contribution in [0.25, 0.3) is 0 Å². The molecule has 0 spiro atoms. The van der Waals surface area contributed by atoms with E-state index in [4.69, 9.17) is 10.9 Å². The number of amidine groups is 1. The van der Waals surface area contributed by atoms with Crippen LogP contribution in [0.4, 0.5) is 0 Å². The van der Waals surface area contributed by atoms with E-state index in [1.807, 2.05) is 20.8 Å². The topological polar surface area (TPSA) is 91.8 Å². The molecule has 0 bridgehead atoms. The standard InChI is InChI=1S/C12H18N4O2/c1-8(2)16(7-11(13)15-18)12(17)10-4-5-14-9(3)6-10/h4-6,8,18H,7H2,1-3H3,(H2,13,15). The van der Waals surface area contributed by atoms with Crippen molar-refractivity contribution in [1.29, 1.82) is 0 Å². The molecule has 1 heterocycles. The van der Waals surface area contributed by atoms with Gasteiger partial charge in [-0.15, -0.1) is 0 Å². The molecular formula is C12H18N4O2. The first-order valence-corrected chi connectivity index (χ1v) is 5.65. The molecule has 0 aliphatic rings. The van der Waals surface area contributed by atoms with Crippen LogP contribution in [0.1, 0.15) is 29.9 Å². The summed E-state index contributed by atoms with van der Waals surface area (Å²) in [6.07, 6.45) is 1.59. The SMILES string of the molecule is Cc1cc(C(=O)N(C/C(N)=N/O)C(C)C)ccn1. The summed E-state index contributed by atoms with van der Waals surface area (Å²) >= 11 is 0. The third-order valence-electron chi connectivity index (χ3n) is 2.49. The summed E-state index contributed by atoms with van der Waals surface area (Å²) in [4.78, 5) is 17.9. The number of pyridine rings is 1. The molecule has 0 fully saturated rings. The minimum absolute atomic E-state index is 0.00262. The Labute approximate surface area is 106 Å². The number of aromatic nitrogens is 1. The number of carbonyl (C=O) groups is 1. The molecular weight excluding hydrogens is 232 g/mol. The molecule has 6 heteroatoms. The van der Waals surface area contributed by atoms with Crippen LogP contribution in [-0.4, -0.2) is 39.4 Å². The van der Waals surface area contributed by atoms with Crippen molar-refractivity contribution >= 4 is 11.7 Å². The summed E-state index contributed by atoms with van der Waals surface area (Å²) in [5.74, 6) is -0.162. The minimum atomic E-state index is -0.165. The molecule has 0 radical (unpaired) electrons. The van der Waals surface area contributed by atoms with Gasteiger partial charge in [0.2, 0.25) is 0 Å². The van der Waals surface area contributed by atoms with E-state index in [0.29, 0.717) is 5.56 Å². The van der Waals surface area contributed by atoms with Gasteiger partial charge in [-0.3, -0.25) is 9.78 Å². The molecule has 0 aromatic carbocycles. The first-order valence-electron chi connectivity index (χ1n) is 5.65. The van der Waals surface area contributed by atoms with Crippen LogP contribution in [0.5, 0.6) is 0 Å². The first-order chi connectivity index (χ1) is 8.45. The lowest BCUT2D eigenvalue weighted by molar-refractivity contribution is 0.0734. The molecule has 6 nitrogen and oxygen atoms in total. The summed E-state index contributed by atoms with van der Waals surface area (Å²) in [6, 6.07) is 3.31. The van der Waals surface area contributed by atoms with Crippen LogP contribution >= 0.6 is 0 Å². The van der Waals surface area contributed by atoms with Crippen molar-refractivity contribution < 1.29 is 10.0 Å². The molecule has 1 amide bonds. The Morgan fingerprint density at radius 3 is 2.78 bits per heavy atom. The Bertz CT molecular complexity index is 457. The van der Waals surface area contributed by atoms with E-state index in [2.05, 4.69) is 10.1 Å². The lowest BCUT2D eigenvalue weighted by atomic mass is 10.2. The summed E-state index contributed by atoms with van der Waals surface area (Å²) in [5, 5.41) is 11.5. The van der Waals surface area contributed by atoms with Crippen LogP contribution in [-0.2, 0) is 0 Å². The van der Waals surface area contributed by atoms with E-state index in [-0.39, 0.29) is 24.3 Å². The zero-order valence-electron chi connectivity index (χ0n) is 10.8. The maximum atomic E-state index is 12.3. The Balaban J connectivity index is 2.96. The van der Waals surface area contributed by atoms with Crippen molar-refractivity contribution in [2.45, 2.75) is 26.8 Å². The number of nitrogens with zero attached hydrogens (tertiary/aromatic N) is 3. The van der Waals surface area contributed by atoms with Gasteiger partial charge in [-0.05, 0) is 32.9 Å². The second-order valence-electron chi connectivity index (χ2n) is 4.30. The van der Waals surface area contributed by atoms with Gasteiger partial charge in [0.15, 0.2) is 5.84 Å². The number of amides is 1. The summed E-state index contributed by atoms with van der Waals surface area (Å²) < 4.78 is 0. The normalized spacial score (nSPS) is 11.7. The second-order valence-corrected chi connectivity index (χ2v) is 4.30. The Hall–Kier alpha value is -2.11. The molecule has 0 saturated heterocycles. The molecule has 0 saturated carbocycles. The lowest BCUT2D eigenvalue weighted by Crippen LogP contribution is -2.42. The van der Waals surface area contributed by atoms with E-state index in [1.165, 1.54) is 4.90 Å². The number of hydrogen-bond acceptors (Lipinski definition) is 4. The van der Waals surface area contributed by atoms with Gasteiger partial charge in [-0.1, -0.05) is 5.16 Å². The van der Waals surface area contributed by atoms with Crippen LogP contribution < -0.4 is 5.73 Å². The monoisotopic (exact) mass is 250 g/mol. The van der Waals surface area contributed by atoms with Gasteiger partial charge in [-0.2, -0.15) is 0 Å². The van der Waals surface area contributed by atoms with Crippen LogP contribution in [0.2, 0.25) is 0 Å². The van der Waals surface area contributed by atoms with E-state index >= 15 is 0 Å². The Morgan fingerprint density at radius 2 is 2.28 bits per heavy atom.